The Hall–Kier alpha value is -2.51. The fourth-order valence-corrected chi connectivity index (χ4v) is 3.19. The van der Waals surface area contributed by atoms with Gasteiger partial charge in [-0.15, -0.1) is 0 Å². The normalized spacial score (nSPS) is 17.2. The van der Waals surface area contributed by atoms with Gasteiger partial charge in [0.25, 0.3) is 0 Å². The predicted molar refractivity (Wildman–Crippen MR) is 111 cm³/mol. The smallest absolute Gasteiger partial charge is 0.191 e. The van der Waals surface area contributed by atoms with Gasteiger partial charge in [0, 0.05) is 25.3 Å². The molecule has 152 valence electrons. The van der Waals surface area contributed by atoms with Gasteiger partial charge in [-0.25, -0.2) is 4.99 Å². The van der Waals surface area contributed by atoms with Gasteiger partial charge in [-0.1, -0.05) is 18.2 Å². The lowest BCUT2D eigenvalue weighted by Gasteiger charge is -2.30. The first-order valence-electron chi connectivity index (χ1n) is 9.79. The molecule has 1 fully saturated rings. The van der Waals surface area contributed by atoms with E-state index in [9.17, 15) is 5.11 Å². The summed E-state index contributed by atoms with van der Waals surface area (Å²) >= 11 is 0. The number of nitrogens with zero attached hydrogens (tertiary/aromatic N) is 2. The summed E-state index contributed by atoms with van der Waals surface area (Å²) in [5.74, 6) is 1.18. The summed E-state index contributed by atoms with van der Waals surface area (Å²) in [6.07, 6.45) is 1.56. The van der Waals surface area contributed by atoms with Gasteiger partial charge < -0.3 is 29.8 Å². The third-order valence-corrected chi connectivity index (χ3v) is 4.75. The van der Waals surface area contributed by atoms with Crippen molar-refractivity contribution in [3.63, 3.8) is 0 Å². The van der Waals surface area contributed by atoms with Crippen LogP contribution < -0.4 is 15.5 Å². The molecule has 1 saturated heterocycles. The molecule has 0 saturated carbocycles. The van der Waals surface area contributed by atoms with E-state index in [-0.39, 0.29) is 6.54 Å². The molecule has 3 N–H and O–H groups in total. The summed E-state index contributed by atoms with van der Waals surface area (Å²) in [6.45, 7) is 8.60. The molecule has 0 spiro atoms. The highest BCUT2D eigenvalue weighted by Crippen LogP contribution is 2.22. The van der Waals surface area contributed by atoms with Crippen LogP contribution in [0.3, 0.4) is 0 Å². The van der Waals surface area contributed by atoms with Crippen molar-refractivity contribution in [2.45, 2.75) is 26.0 Å². The van der Waals surface area contributed by atoms with Crippen LogP contribution in [0.1, 0.15) is 25.2 Å². The Morgan fingerprint density at radius 1 is 1.18 bits per heavy atom. The molecule has 3 rings (SSSR count). The van der Waals surface area contributed by atoms with Crippen molar-refractivity contribution in [3.05, 3.63) is 54.0 Å². The molecule has 1 aliphatic rings. The van der Waals surface area contributed by atoms with Crippen LogP contribution in [0.15, 0.2) is 52.1 Å². The topological polar surface area (TPSA) is 82.3 Å². The Kier molecular flexibility index (Phi) is 6.95. The average Bonchev–Trinajstić information content (AvgIpc) is 3.27. The summed E-state index contributed by atoms with van der Waals surface area (Å²) in [5, 5.41) is 17.1. The van der Waals surface area contributed by atoms with Gasteiger partial charge in [-0.2, -0.15) is 0 Å². The second-order valence-corrected chi connectivity index (χ2v) is 7.03. The van der Waals surface area contributed by atoms with Gasteiger partial charge in [0.15, 0.2) is 5.96 Å². The van der Waals surface area contributed by atoms with Gasteiger partial charge in [-0.3, -0.25) is 0 Å². The number of rotatable bonds is 7. The first-order chi connectivity index (χ1) is 13.6. The highest BCUT2D eigenvalue weighted by Gasteiger charge is 2.26. The van der Waals surface area contributed by atoms with E-state index in [1.807, 2.05) is 13.0 Å². The Morgan fingerprint density at radius 2 is 1.96 bits per heavy atom. The summed E-state index contributed by atoms with van der Waals surface area (Å²) in [5.41, 5.74) is 1.25. The van der Waals surface area contributed by atoms with Crippen LogP contribution in [0.25, 0.3) is 0 Å². The predicted octanol–water partition coefficient (Wildman–Crippen LogP) is 2.08. The molecule has 0 radical (unpaired) electrons. The lowest BCUT2D eigenvalue weighted by atomic mass is 10.0. The molecule has 1 aromatic heterocycles. The number of hydrogen-bond donors (Lipinski definition) is 3. The van der Waals surface area contributed by atoms with E-state index in [0.717, 1.165) is 32.8 Å². The zero-order chi connectivity index (χ0) is 19.8. The van der Waals surface area contributed by atoms with Crippen LogP contribution in [0.2, 0.25) is 0 Å². The number of para-hydroxylation sites is 1. The fourth-order valence-electron chi connectivity index (χ4n) is 3.19. The minimum atomic E-state index is -1.12. The molecule has 0 amide bonds. The van der Waals surface area contributed by atoms with E-state index < -0.39 is 5.60 Å². The summed E-state index contributed by atoms with van der Waals surface area (Å²) in [4.78, 5) is 7.06. The van der Waals surface area contributed by atoms with E-state index in [2.05, 4.69) is 33.7 Å². The van der Waals surface area contributed by atoms with Gasteiger partial charge in [0.05, 0.1) is 32.6 Å². The van der Waals surface area contributed by atoms with E-state index in [4.69, 9.17) is 14.1 Å². The number of morpholine rings is 1. The maximum absolute atomic E-state index is 10.6. The van der Waals surface area contributed by atoms with E-state index in [1.165, 1.54) is 11.3 Å². The second kappa shape index (κ2) is 9.61. The van der Waals surface area contributed by atoms with Crippen LogP contribution in [0.5, 0.6) is 0 Å². The lowest BCUT2D eigenvalue weighted by molar-refractivity contribution is 0.0386. The molecule has 1 atom stereocenters. The van der Waals surface area contributed by atoms with E-state index in [0.29, 0.717) is 18.3 Å². The largest absolute Gasteiger partial charge is 0.466 e. The van der Waals surface area contributed by atoms with Crippen molar-refractivity contribution >= 4 is 11.6 Å². The SMILES string of the molecule is CCNC(=NCc1ccccc1N1CCOCC1)NCC(C)(O)c1ccco1. The molecule has 0 bridgehead atoms. The number of ether oxygens (including phenoxy) is 1. The number of benzene rings is 1. The molecular formula is C21H30N4O3. The first-order valence-corrected chi connectivity index (χ1v) is 9.79. The number of aliphatic imine (C=N–C) groups is 1. The van der Waals surface area contributed by atoms with Gasteiger partial charge in [-0.05, 0) is 37.6 Å². The van der Waals surface area contributed by atoms with Crippen molar-refractivity contribution in [3.8, 4) is 0 Å². The van der Waals surface area contributed by atoms with Crippen LogP contribution in [0, 0.1) is 0 Å². The molecular weight excluding hydrogens is 356 g/mol. The zero-order valence-corrected chi connectivity index (χ0v) is 16.6. The molecule has 7 nitrogen and oxygen atoms in total. The number of hydrogen-bond acceptors (Lipinski definition) is 5. The monoisotopic (exact) mass is 386 g/mol. The summed E-state index contributed by atoms with van der Waals surface area (Å²) < 4.78 is 10.8. The van der Waals surface area contributed by atoms with Crippen molar-refractivity contribution in [1.82, 2.24) is 10.6 Å². The maximum atomic E-state index is 10.6. The van der Waals surface area contributed by atoms with Crippen LogP contribution in [0.4, 0.5) is 5.69 Å². The molecule has 2 aromatic rings. The van der Waals surface area contributed by atoms with Crippen molar-refractivity contribution in [1.29, 1.82) is 0 Å². The Morgan fingerprint density at radius 3 is 2.68 bits per heavy atom. The van der Waals surface area contributed by atoms with Crippen LogP contribution in [-0.2, 0) is 16.9 Å². The van der Waals surface area contributed by atoms with Gasteiger partial charge in [0.2, 0.25) is 0 Å². The van der Waals surface area contributed by atoms with E-state index >= 15 is 0 Å². The Labute approximate surface area is 166 Å². The minimum absolute atomic E-state index is 0.289. The van der Waals surface area contributed by atoms with Crippen molar-refractivity contribution in [2.75, 3.05) is 44.3 Å². The first kappa shape index (κ1) is 20.2. The molecule has 28 heavy (non-hydrogen) atoms. The minimum Gasteiger partial charge on any atom is -0.466 e. The molecule has 1 aliphatic heterocycles. The van der Waals surface area contributed by atoms with Crippen LogP contribution in [-0.4, -0.2) is 50.5 Å². The highest BCUT2D eigenvalue weighted by molar-refractivity contribution is 5.80. The fraction of sp³-hybridized carbons (Fsp3) is 0.476. The summed E-state index contributed by atoms with van der Waals surface area (Å²) in [6, 6.07) is 11.9. The molecule has 1 unspecified atom stereocenters. The van der Waals surface area contributed by atoms with E-state index in [1.54, 1.807) is 25.3 Å². The van der Waals surface area contributed by atoms with Gasteiger partial charge >= 0.3 is 0 Å². The maximum Gasteiger partial charge on any atom is 0.191 e. The van der Waals surface area contributed by atoms with Crippen LogP contribution >= 0.6 is 0 Å². The average molecular weight is 386 g/mol. The zero-order valence-electron chi connectivity index (χ0n) is 16.6. The number of guanidine groups is 1. The van der Waals surface area contributed by atoms with Crippen molar-refractivity contribution < 1.29 is 14.3 Å². The molecule has 2 heterocycles. The lowest BCUT2D eigenvalue weighted by Crippen LogP contribution is -2.44. The van der Waals surface area contributed by atoms with Gasteiger partial charge in [0.1, 0.15) is 11.4 Å². The number of aliphatic hydroxyl groups is 1. The Balaban J connectivity index is 1.68. The number of anilines is 1. The third-order valence-electron chi connectivity index (χ3n) is 4.75. The standard InChI is InChI=1S/C21H30N4O3/c1-3-22-20(24-16-21(2,26)19-9-6-12-28-19)23-15-17-7-4-5-8-18(17)25-10-13-27-14-11-25/h4-9,12,26H,3,10-11,13-16H2,1-2H3,(H2,22,23,24). The molecule has 7 heteroatoms. The third kappa shape index (κ3) is 5.27. The summed E-state index contributed by atoms with van der Waals surface area (Å²) in [7, 11) is 0. The van der Waals surface area contributed by atoms with Crippen molar-refractivity contribution in [2.24, 2.45) is 4.99 Å². The Bertz CT molecular complexity index is 753. The number of furan rings is 1. The molecule has 1 aromatic carbocycles. The highest BCUT2D eigenvalue weighted by atomic mass is 16.5. The second-order valence-electron chi connectivity index (χ2n) is 7.03. The quantitative estimate of drug-likeness (QED) is 0.499. The molecule has 0 aliphatic carbocycles. The number of nitrogens with one attached hydrogen (secondary N) is 2.